The molecule has 0 fully saturated rings. The molecule has 1 unspecified atom stereocenters. The molecule has 1 nitrogen and oxygen atoms in total. The molecule has 1 atom stereocenters. The van der Waals surface area contributed by atoms with Gasteiger partial charge in [0.2, 0.25) is 0 Å². The average Bonchev–Trinajstić information content (AvgIpc) is 2.50. The molecule has 0 bridgehead atoms. The fourth-order valence-corrected chi connectivity index (χ4v) is 3.02. The minimum Gasteiger partial charge on any atom is -0.384 e. The van der Waals surface area contributed by atoms with Crippen molar-refractivity contribution in [3.63, 3.8) is 0 Å². The van der Waals surface area contributed by atoms with E-state index in [0.29, 0.717) is 10.6 Å². The van der Waals surface area contributed by atoms with Crippen LogP contribution in [0.25, 0.3) is 10.8 Å². The van der Waals surface area contributed by atoms with Crippen LogP contribution in [0.5, 0.6) is 0 Å². The Morgan fingerprint density at radius 1 is 0.952 bits per heavy atom. The summed E-state index contributed by atoms with van der Waals surface area (Å²) < 4.78 is 14.7. The van der Waals surface area contributed by atoms with Crippen molar-refractivity contribution in [3.05, 3.63) is 81.0 Å². The number of hydrogen-bond acceptors (Lipinski definition) is 1. The number of aliphatic hydroxyl groups is 1. The summed E-state index contributed by atoms with van der Waals surface area (Å²) >= 11 is 9.47. The van der Waals surface area contributed by atoms with Crippen molar-refractivity contribution < 1.29 is 9.50 Å². The van der Waals surface area contributed by atoms with Crippen molar-refractivity contribution >= 4 is 38.3 Å². The lowest BCUT2D eigenvalue weighted by molar-refractivity contribution is 0.216. The van der Waals surface area contributed by atoms with Crippen molar-refractivity contribution in [1.29, 1.82) is 0 Å². The molecule has 4 heteroatoms. The highest BCUT2D eigenvalue weighted by Crippen LogP contribution is 2.34. The van der Waals surface area contributed by atoms with Gasteiger partial charge in [-0.25, -0.2) is 4.39 Å². The van der Waals surface area contributed by atoms with Crippen molar-refractivity contribution in [1.82, 2.24) is 0 Å². The summed E-state index contributed by atoms with van der Waals surface area (Å²) in [5.41, 5.74) is 0.865. The second-order valence-corrected chi connectivity index (χ2v) is 6.07. The van der Waals surface area contributed by atoms with Gasteiger partial charge in [-0.15, -0.1) is 0 Å². The number of hydrogen-bond donors (Lipinski definition) is 1. The van der Waals surface area contributed by atoms with Crippen LogP contribution >= 0.6 is 27.5 Å². The molecular formula is C17H11BrClFO. The zero-order chi connectivity index (χ0) is 15.0. The van der Waals surface area contributed by atoms with Crippen molar-refractivity contribution in [2.24, 2.45) is 0 Å². The van der Waals surface area contributed by atoms with Crippen molar-refractivity contribution in [2.75, 3.05) is 0 Å². The van der Waals surface area contributed by atoms with Crippen LogP contribution in [-0.4, -0.2) is 5.11 Å². The van der Waals surface area contributed by atoms with E-state index in [0.717, 1.165) is 15.2 Å². The lowest BCUT2D eigenvalue weighted by Gasteiger charge is -2.16. The fourth-order valence-electron chi connectivity index (χ4n) is 2.42. The molecule has 0 aromatic heterocycles. The lowest BCUT2D eigenvalue weighted by atomic mass is 9.95. The Labute approximate surface area is 135 Å². The van der Waals surface area contributed by atoms with Crippen LogP contribution in [0.2, 0.25) is 5.02 Å². The van der Waals surface area contributed by atoms with Gasteiger partial charge < -0.3 is 5.11 Å². The van der Waals surface area contributed by atoms with Crippen LogP contribution in [-0.2, 0) is 0 Å². The van der Waals surface area contributed by atoms with E-state index in [1.807, 2.05) is 24.3 Å². The molecule has 0 spiro atoms. The van der Waals surface area contributed by atoms with Gasteiger partial charge in [0.05, 0.1) is 0 Å². The van der Waals surface area contributed by atoms with Crippen molar-refractivity contribution in [2.45, 2.75) is 6.10 Å². The Balaban J connectivity index is 2.20. The maximum absolute atomic E-state index is 14.0. The Morgan fingerprint density at radius 2 is 1.67 bits per heavy atom. The second kappa shape index (κ2) is 5.76. The third kappa shape index (κ3) is 2.69. The standard InChI is InChI=1S/C17H11BrClFO/c18-10-5-8-16(20)14(9-10)17(21)13-6-7-15(19)12-4-2-1-3-11(12)13/h1-9,17,21H. The zero-order valence-electron chi connectivity index (χ0n) is 10.9. The van der Waals surface area contributed by atoms with Gasteiger partial charge in [0.25, 0.3) is 0 Å². The second-order valence-electron chi connectivity index (χ2n) is 4.75. The molecule has 21 heavy (non-hydrogen) atoms. The van der Waals surface area contributed by atoms with Crippen LogP contribution < -0.4 is 0 Å². The van der Waals surface area contributed by atoms with Gasteiger partial charge in [0, 0.05) is 20.4 Å². The average molecular weight is 366 g/mol. The van der Waals surface area contributed by atoms with Gasteiger partial charge in [-0.3, -0.25) is 0 Å². The lowest BCUT2D eigenvalue weighted by Crippen LogP contribution is -2.03. The Bertz CT molecular complexity index is 819. The highest BCUT2D eigenvalue weighted by Gasteiger charge is 2.18. The molecular weight excluding hydrogens is 355 g/mol. The third-order valence-corrected chi connectivity index (χ3v) is 4.27. The highest BCUT2D eigenvalue weighted by atomic mass is 79.9. The van der Waals surface area contributed by atoms with Crippen LogP contribution in [0, 0.1) is 5.82 Å². The first-order chi connectivity index (χ1) is 10.1. The van der Waals surface area contributed by atoms with E-state index in [2.05, 4.69) is 15.9 Å². The number of fused-ring (bicyclic) bond motifs is 1. The summed E-state index contributed by atoms with van der Waals surface area (Å²) in [6, 6.07) is 15.5. The zero-order valence-corrected chi connectivity index (χ0v) is 13.2. The molecule has 0 radical (unpaired) electrons. The normalized spacial score (nSPS) is 12.6. The number of benzene rings is 3. The minimum atomic E-state index is -1.05. The summed E-state index contributed by atoms with van der Waals surface area (Å²) in [4.78, 5) is 0. The minimum absolute atomic E-state index is 0.233. The predicted octanol–water partition coefficient (Wildman–Crippen LogP) is 5.48. The van der Waals surface area contributed by atoms with E-state index in [4.69, 9.17) is 11.6 Å². The first-order valence-electron chi connectivity index (χ1n) is 6.38. The molecule has 1 N–H and O–H groups in total. The number of halogens is 3. The summed E-state index contributed by atoms with van der Waals surface area (Å²) in [5.74, 6) is -0.440. The summed E-state index contributed by atoms with van der Waals surface area (Å²) in [7, 11) is 0. The van der Waals surface area contributed by atoms with E-state index < -0.39 is 11.9 Å². The van der Waals surface area contributed by atoms with Gasteiger partial charge in [-0.1, -0.05) is 57.9 Å². The van der Waals surface area contributed by atoms with E-state index in [1.54, 1.807) is 24.3 Å². The van der Waals surface area contributed by atoms with Crippen LogP contribution in [0.15, 0.2) is 59.1 Å². The van der Waals surface area contributed by atoms with E-state index in [1.165, 1.54) is 6.07 Å². The molecule has 0 amide bonds. The van der Waals surface area contributed by atoms with Crippen molar-refractivity contribution in [3.8, 4) is 0 Å². The Kier molecular flexibility index (Phi) is 3.98. The molecule has 3 rings (SSSR count). The first-order valence-corrected chi connectivity index (χ1v) is 7.55. The van der Waals surface area contributed by atoms with Gasteiger partial charge >= 0.3 is 0 Å². The van der Waals surface area contributed by atoms with Crippen LogP contribution in [0.1, 0.15) is 17.2 Å². The maximum Gasteiger partial charge on any atom is 0.129 e. The Hall–Kier alpha value is -1.42. The van der Waals surface area contributed by atoms with E-state index in [-0.39, 0.29) is 5.56 Å². The van der Waals surface area contributed by atoms with Gasteiger partial charge in [0.15, 0.2) is 0 Å². The van der Waals surface area contributed by atoms with Gasteiger partial charge in [-0.2, -0.15) is 0 Å². The van der Waals surface area contributed by atoms with Crippen LogP contribution in [0.3, 0.4) is 0 Å². The SMILES string of the molecule is OC(c1cc(Br)ccc1F)c1ccc(Cl)c2ccccc12. The Morgan fingerprint density at radius 3 is 2.43 bits per heavy atom. The molecule has 0 saturated heterocycles. The fraction of sp³-hybridized carbons (Fsp3) is 0.0588. The quantitative estimate of drug-likeness (QED) is 0.638. The third-order valence-electron chi connectivity index (χ3n) is 3.45. The molecule has 0 heterocycles. The summed E-state index contributed by atoms with van der Waals surface area (Å²) in [6.45, 7) is 0. The topological polar surface area (TPSA) is 20.2 Å². The number of aliphatic hydroxyl groups excluding tert-OH is 1. The molecule has 0 aliphatic rings. The monoisotopic (exact) mass is 364 g/mol. The molecule has 3 aromatic rings. The highest BCUT2D eigenvalue weighted by molar-refractivity contribution is 9.10. The molecule has 3 aromatic carbocycles. The largest absolute Gasteiger partial charge is 0.384 e. The molecule has 106 valence electrons. The molecule has 0 aliphatic carbocycles. The maximum atomic E-state index is 14.0. The first kappa shape index (κ1) is 14.5. The van der Waals surface area contributed by atoms with E-state index >= 15 is 0 Å². The summed E-state index contributed by atoms with van der Waals surface area (Å²) in [6.07, 6.45) is -1.05. The number of rotatable bonds is 2. The molecule has 0 saturated carbocycles. The van der Waals surface area contributed by atoms with Gasteiger partial charge in [0.1, 0.15) is 11.9 Å². The van der Waals surface area contributed by atoms with E-state index in [9.17, 15) is 9.50 Å². The smallest absolute Gasteiger partial charge is 0.129 e. The predicted molar refractivity (Wildman–Crippen MR) is 87.1 cm³/mol. The van der Waals surface area contributed by atoms with Gasteiger partial charge in [-0.05, 0) is 35.2 Å². The molecule has 0 aliphatic heterocycles. The summed E-state index contributed by atoms with van der Waals surface area (Å²) in [5, 5.41) is 12.8. The van der Waals surface area contributed by atoms with Crippen LogP contribution in [0.4, 0.5) is 4.39 Å².